The molecule has 14 heavy (non-hydrogen) atoms. The molecule has 0 saturated heterocycles. The molecular weight excluding hydrogens is 185 g/mol. The van der Waals surface area contributed by atoms with E-state index in [2.05, 4.69) is 10.1 Å². The van der Waals surface area contributed by atoms with Gasteiger partial charge >= 0.3 is 7.12 Å². The van der Waals surface area contributed by atoms with Gasteiger partial charge in [-0.2, -0.15) is 10.1 Å². The Bertz CT molecular complexity index is 456. The Hall–Kier alpha value is -1.60. The van der Waals surface area contributed by atoms with Crippen LogP contribution in [0.25, 0.3) is 5.65 Å². The van der Waals surface area contributed by atoms with E-state index < -0.39 is 7.12 Å². The minimum absolute atomic E-state index is 0.254. The van der Waals surface area contributed by atoms with Gasteiger partial charge in [0.15, 0.2) is 5.65 Å². The largest absolute Gasteiger partial charge is 0.493 e. The standard InChI is InChI=1S/C7H8BN3O3/c1-14-6-2-3-11-7(10-6)5(4-9-11)8(12)13/h2-4,12-13H,1H3. The van der Waals surface area contributed by atoms with Crippen LogP contribution in [0, 0.1) is 0 Å². The highest BCUT2D eigenvalue weighted by atomic mass is 16.5. The quantitative estimate of drug-likeness (QED) is 0.562. The average molecular weight is 193 g/mol. The molecule has 2 N–H and O–H groups in total. The first-order chi connectivity index (χ1) is 6.72. The normalized spacial score (nSPS) is 10.5. The topological polar surface area (TPSA) is 79.9 Å². The molecule has 0 unspecified atom stereocenters. The van der Waals surface area contributed by atoms with E-state index in [9.17, 15) is 0 Å². The molecule has 2 aromatic heterocycles. The molecule has 72 valence electrons. The smallest absolute Gasteiger partial charge is 0.481 e. The number of methoxy groups -OCH3 is 1. The van der Waals surface area contributed by atoms with E-state index in [1.165, 1.54) is 17.8 Å². The van der Waals surface area contributed by atoms with E-state index in [1.54, 1.807) is 12.3 Å². The van der Waals surface area contributed by atoms with Gasteiger partial charge in [-0.3, -0.25) is 0 Å². The number of ether oxygens (including phenoxy) is 1. The molecule has 0 saturated carbocycles. The lowest BCUT2D eigenvalue weighted by atomic mass is 9.82. The molecule has 0 fully saturated rings. The summed E-state index contributed by atoms with van der Waals surface area (Å²) >= 11 is 0. The van der Waals surface area contributed by atoms with Gasteiger partial charge in [-0.25, -0.2) is 4.52 Å². The Balaban J connectivity index is 2.63. The third-order valence-electron chi connectivity index (χ3n) is 1.86. The van der Waals surface area contributed by atoms with Crippen molar-refractivity contribution in [1.29, 1.82) is 0 Å². The van der Waals surface area contributed by atoms with E-state index in [0.29, 0.717) is 11.5 Å². The maximum Gasteiger partial charge on any atom is 0.493 e. The first-order valence-corrected chi connectivity index (χ1v) is 3.97. The van der Waals surface area contributed by atoms with Crippen LogP contribution < -0.4 is 10.2 Å². The molecule has 0 bridgehead atoms. The van der Waals surface area contributed by atoms with Crippen molar-refractivity contribution in [3.63, 3.8) is 0 Å². The molecule has 0 atom stereocenters. The fraction of sp³-hybridized carbons (Fsp3) is 0.143. The van der Waals surface area contributed by atoms with Gasteiger partial charge in [0.25, 0.3) is 0 Å². The molecule has 0 spiro atoms. The van der Waals surface area contributed by atoms with Crippen molar-refractivity contribution in [3.05, 3.63) is 18.5 Å². The summed E-state index contributed by atoms with van der Waals surface area (Å²) in [5, 5.41) is 21.9. The Morgan fingerprint density at radius 3 is 2.93 bits per heavy atom. The van der Waals surface area contributed by atoms with Crippen molar-refractivity contribution >= 4 is 18.2 Å². The number of nitrogens with zero attached hydrogens (tertiary/aromatic N) is 3. The molecule has 0 aliphatic heterocycles. The highest BCUT2D eigenvalue weighted by Gasteiger charge is 2.18. The Kier molecular flexibility index (Phi) is 2.10. The van der Waals surface area contributed by atoms with Crippen molar-refractivity contribution in [3.8, 4) is 5.88 Å². The van der Waals surface area contributed by atoms with Gasteiger partial charge in [-0.05, 0) is 0 Å². The second-order valence-corrected chi connectivity index (χ2v) is 2.71. The molecule has 0 amide bonds. The zero-order valence-corrected chi connectivity index (χ0v) is 7.45. The van der Waals surface area contributed by atoms with Crippen molar-refractivity contribution < 1.29 is 14.8 Å². The SMILES string of the molecule is COc1ccn2ncc(B(O)O)c2n1. The van der Waals surface area contributed by atoms with Crippen LogP contribution in [0.5, 0.6) is 5.88 Å². The van der Waals surface area contributed by atoms with Gasteiger partial charge in [-0.15, -0.1) is 0 Å². The summed E-state index contributed by atoms with van der Waals surface area (Å²) < 4.78 is 6.35. The minimum atomic E-state index is -1.58. The van der Waals surface area contributed by atoms with Crippen LogP contribution >= 0.6 is 0 Å². The van der Waals surface area contributed by atoms with E-state index in [1.807, 2.05) is 0 Å². The molecule has 0 aromatic carbocycles. The van der Waals surface area contributed by atoms with Crippen molar-refractivity contribution in [2.24, 2.45) is 0 Å². The second kappa shape index (κ2) is 3.28. The van der Waals surface area contributed by atoms with Crippen LogP contribution in [0.15, 0.2) is 18.5 Å². The Morgan fingerprint density at radius 2 is 2.29 bits per heavy atom. The molecule has 0 radical (unpaired) electrons. The molecular formula is C7H8BN3O3. The van der Waals surface area contributed by atoms with Crippen molar-refractivity contribution in [2.45, 2.75) is 0 Å². The average Bonchev–Trinajstić information content (AvgIpc) is 2.59. The number of hydrogen-bond acceptors (Lipinski definition) is 5. The van der Waals surface area contributed by atoms with E-state index in [-0.39, 0.29) is 5.46 Å². The monoisotopic (exact) mass is 193 g/mol. The third-order valence-corrected chi connectivity index (χ3v) is 1.86. The molecule has 7 heteroatoms. The van der Waals surface area contributed by atoms with Gasteiger partial charge < -0.3 is 14.8 Å². The van der Waals surface area contributed by atoms with Gasteiger partial charge in [0.2, 0.25) is 5.88 Å². The van der Waals surface area contributed by atoms with Crippen LogP contribution in [0.1, 0.15) is 0 Å². The summed E-state index contributed by atoms with van der Waals surface area (Å²) in [6, 6.07) is 1.63. The third kappa shape index (κ3) is 1.32. The maximum atomic E-state index is 9.00. The zero-order valence-electron chi connectivity index (χ0n) is 7.45. The molecule has 2 heterocycles. The van der Waals surface area contributed by atoms with E-state index >= 15 is 0 Å². The Morgan fingerprint density at radius 1 is 1.50 bits per heavy atom. The molecule has 2 rings (SSSR count). The Labute approximate surface area is 79.9 Å². The molecule has 0 aliphatic rings. The summed E-state index contributed by atoms with van der Waals surface area (Å²) in [7, 11) is -0.0864. The van der Waals surface area contributed by atoms with Gasteiger partial charge in [0, 0.05) is 17.7 Å². The highest BCUT2D eigenvalue weighted by molar-refractivity contribution is 6.60. The molecule has 6 nitrogen and oxygen atoms in total. The summed E-state index contributed by atoms with van der Waals surface area (Å²) in [6.07, 6.45) is 2.99. The zero-order chi connectivity index (χ0) is 10.1. The van der Waals surface area contributed by atoms with Crippen LogP contribution in [-0.4, -0.2) is 38.9 Å². The van der Waals surface area contributed by atoms with Crippen LogP contribution in [0.2, 0.25) is 0 Å². The number of hydrogen-bond donors (Lipinski definition) is 2. The fourth-order valence-corrected chi connectivity index (χ4v) is 1.17. The van der Waals surface area contributed by atoms with Gasteiger partial charge in [-0.1, -0.05) is 0 Å². The fourth-order valence-electron chi connectivity index (χ4n) is 1.17. The lowest BCUT2D eigenvalue weighted by molar-refractivity contribution is 0.398. The van der Waals surface area contributed by atoms with E-state index in [4.69, 9.17) is 14.8 Å². The van der Waals surface area contributed by atoms with E-state index in [0.717, 1.165) is 0 Å². The van der Waals surface area contributed by atoms with Crippen molar-refractivity contribution in [1.82, 2.24) is 14.6 Å². The summed E-state index contributed by atoms with van der Waals surface area (Å²) in [4.78, 5) is 4.03. The van der Waals surface area contributed by atoms with Crippen LogP contribution in [0.4, 0.5) is 0 Å². The first kappa shape index (κ1) is 8.98. The van der Waals surface area contributed by atoms with Crippen LogP contribution in [0.3, 0.4) is 0 Å². The summed E-state index contributed by atoms with van der Waals surface area (Å²) in [6.45, 7) is 0. The van der Waals surface area contributed by atoms with Gasteiger partial charge in [0.1, 0.15) is 0 Å². The molecule has 0 aliphatic carbocycles. The predicted octanol–water partition coefficient (Wildman–Crippen LogP) is -1.58. The molecule has 2 aromatic rings. The highest BCUT2D eigenvalue weighted by Crippen LogP contribution is 2.06. The summed E-state index contributed by atoms with van der Waals surface area (Å²) in [5.41, 5.74) is 0.628. The predicted molar refractivity (Wildman–Crippen MR) is 49.4 cm³/mol. The lowest BCUT2D eigenvalue weighted by Crippen LogP contribution is -2.29. The number of fused-ring (bicyclic) bond motifs is 1. The summed E-state index contributed by atoms with van der Waals surface area (Å²) in [5.74, 6) is 0.403. The second-order valence-electron chi connectivity index (χ2n) is 2.71. The number of aromatic nitrogens is 3. The first-order valence-electron chi connectivity index (χ1n) is 3.97. The van der Waals surface area contributed by atoms with Crippen LogP contribution in [-0.2, 0) is 0 Å². The number of rotatable bonds is 2. The van der Waals surface area contributed by atoms with Crippen molar-refractivity contribution in [2.75, 3.05) is 7.11 Å². The maximum absolute atomic E-state index is 9.00. The lowest BCUT2D eigenvalue weighted by Gasteiger charge is -1.99. The minimum Gasteiger partial charge on any atom is -0.481 e. The van der Waals surface area contributed by atoms with Gasteiger partial charge in [0.05, 0.1) is 13.3 Å².